The summed E-state index contributed by atoms with van der Waals surface area (Å²) in [6.07, 6.45) is 5.04. The van der Waals surface area contributed by atoms with E-state index >= 15 is 0 Å². The van der Waals surface area contributed by atoms with Gasteiger partial charge in [0.15, 0.2) is 0 Å². The van der Waals surface area contributed by atoms with Crippen LogP contribution in [0.15, 0.2) is 59.8 Å². The zero-order valence-corrected chi connectivity index (χ0v) is 18.3. The van der Waals surface area contributed by atoms with Gasteiger partial charge in [-0.15, -0.1) is 0 Å². The van der Waals surface area contributed by atoms with E-state index in [0.717, 1.165) is 24.1 Å². The summed E-state index contributed by atoms with van der Waals surface area (Å²) in [6, 6.07) is 12.2. The number of nitrogens with one attached hydrogen (secondary N) is 1. The van der Waals surface area contributed by atoms with Gasteiger partial charge in [0.05, 0.1) is 17.7 Å². The number of hydrogen-bond donors (Lipinski definition) is 1. The minimum absolute atomic E-state index is 0.00449. The highest BCUT2D eigenvalue weighted by Gasteiger charge is 2.31. The maximum absolute atomic E-state index is 13.1. The molecule has 0 radical (unpaired) electrons. The first kappa shape index (κ1) is 21.2. The number of hydrogen-bond acceptors (Lipinski definition) is 7. The van der Waals surface area contributed by atoms with E-state index in [1.54, 1.807) is 48.1 Å². The van der Waals surface area contributed by atoms with E-state index in [9.17, 15) is 8.42 Å². The average Bonchev–Trinajstić information content (AvgIpc) is 2.81. The Morgan fingerprint density at radius 1 is 1.10 bits per heavy atom. The lowest BCUT2D eigenvalue weighted by atomic mass is 9.96. The van der Waals surface area contributed by atoms with Crippen LogP contribution in [-0.4, -0.2) is 47.9 Å². The van der Waals surface area contributed by atoms with Gasteiger partial charge >= 0.3 is 0 Å². The number of rotatable bonds is 6. The zero-order valence-electron chi connectivity index (χ0n) is 17.5. The summed E-state index contributed by atoms with van der Waals surface area (Å²) >= 11 is 0. The Labute approximate surface area is 182 Å². The molecule has 1 aliphatic heterocycles. The Kier molecular flexibility index (Phi) is 6.15. The van der Waals surface area contributed by atoms with Crippen LogP contribution in [0.25, 0.3) is 0 Å². The zero-order chi connectivity index (χ0) is 21.8. The molecule has 2 aromatic heterocycles. The summed E-state index contributed by atoms with van der Waals surface area (Å²) in [5, 5.41) is 3.15. The average molecular weight is 440 g/mol. The van der Waals surface area contributed by atoms with Crippen molar-refractivity contribution < 1.29 is 13.2 Å². The summed E-state index contributed by atoms with van der Waals surface area (Å²) in [7, 11) is -2.03. The fourth-order valence-electron chi connectivity index (χ4n) is 3.68. The van der Waals surface area contributed by atoms with Gasteiger partial charge in [0.25, 0.3) is 0 Å². The molecule has 0 bridgehead atoms. The first-order valence-electron chi connectivity index (χ1n) is 10.1. The number of pyridine rings is 1. The van der Waals surface area contributed by atoms with Crippen molar-refractivity contribution in [1.82, 2.24) is 19.3 Å². The molecule has 0 saturated carbocycles. The number of benzene rings is 1. The Hall–Kier alpha value is -3.04. The monoisotopic (exact) mass is 439 g/mol. The van der Waals surface area contributed by atoms with Gasteiger partial charge in [-0.25, -0.2) is 23.4 Å². The van der Waals surface area contributed by atoms with Crippen LogP contribution < -0.4 is 10.1 Å². The fraction of sp³-hybridized carbons (Fsp3) is 0.318. The summed E-state index contributed by atoms with van der Waals surface area (Å²) in [4.78, 5) is 13.5. The highest BCUT2D eigenvalue weighted by atomic mass is 32.2. The molecule has 9 heteroatoms. The van der Waals surface area contributed by atoms with E-state index in [2.05, 4.69) is 20.3 Å². The molecule has 1 saturated heterocycles. The molecule has 1 atom stereocenters. The molecule has 1 aromatic carbocycles. The lowest BCUT2D eigenvalue weighted by molar-refractivity contribution is 0.312. The van der Waals surface area contributed by atoms with Crippen molar-refractivity contribution in [3.05, 3.63) is 66.1 Å². The van der Waals surface area contributed by atoms with Gasteiger partial charge in [-0.1, -0.05) is 6.07 Å². The van der Waals surface area contributed by atoms with Gasteiger partial charge in [-0.2, -0.15) is 4.31 Å². The molecule has 1 unspecified atom stereocenters. The Morgan fingerprint density at radius 2 is 1.90 bits per heavy atom. The quantitative estimate of drug-likeness (QED) is 0.628. The van der Waals surface area contributed by atoms with Crippen molar-refractivity contribution in [2.24, 2.45) is 0 Å². The van der Waals surface area contributed by atoms with E-state index < -0.39 is 10.0 Å². The second kappa shape index (κ2) is 8.99. The van der Waals surface area contributed by atoms with Crippen LogP contribution >= 0.6 is 0 Å². The van der Waals surface area contributed by atoms with Gasteiger partial charge in [0, 0.05) is 31.4 Å². The van der Waals surface area contributed by atoms with Gasteiger partial charge in [-0.3, -0.25) is 0 Å². The molecule has 3 aromatic rings. The molecule has 4 rings (SSSR count). The van der Waals surface area contributed by atoms with E-state index in [-0.39, 0.29) is 10.8 Å². The van der Waals surface area contributed by atoms with Gasteiger partial charge in [-0.05, 0) is 61.7 Å². The van der Waals surface area contributed by atoms with E-state index in [1.165, 1.54) is 0 Å². The lowest BCUT2D eigenvalue weighted by Gasteiger charge is -2.31. The number of piperidine rings is 1. The molecule has 0 spiro atoms. The number of sulfonamides is 1. The Bertz CT molecular complexity index is 1150. The van der Waals surface area contributed by atoms with Crippen molar-refractivity contribution in [3.8, 4) is 5.75 Å². The first-order valence-corrected chi connectivity index (χ1v) is 11.6. The fourth-order valence-corrected chi connectivity index (χ4v) is 5.21. The van der Waals surface area contributed by atoms with Crippen molar-refractivity contribution in [2.45, 2.75) is 30.6 Å². The van der Waals surface area contributed by atoms with E-state index in [4.69, 9.17) is 4.74 Å². The molecule has 0 amide bonds. The van der Waals surface area contributed by atoms with Crippen LogP contribution in [0.2, 0.25) is 0 Å². The number of anilines is 2. The van der Waals surface area contributed by atoms with Crippen LogP contribution in [0.3, 0.4) is 0 Å². The summed E-state index contributed by atoms with van der Waals surface area (Å²) < 4.78 is 33.0. The van der Waals surface area contributed by atoms with Crippen LogP contribution in [-0.2, 0) is 10.0 Å². The molecular formula is C22H25N5O3S. The van der Waals surface area contributed by atoms with Crippen LogP contribution in [0, 0.1) is 6.92 Å². The molecule has 0 aliphatic carbocycles. The molecule has 1 fully saturated rings. The smallest absolute Gasteiger partial charge is 0.243 e. The van der Waals surface area contributed by atoms with Crippen LogP contribution in [0.4, 0.5) is 11.8 Å². The second-order valence-electron chi connectivity index (χ2n) is 7.48. The highest BCUT2D eigenvalue weighted by molar-refractivity contribution is 7.89. The minimum atomic E-state index is -3.58. The third-order valence-electron chi connectivity index (χ3n) is 5.42. The van der Waals surface area contributed by atoms with E-state index in [1.807, 2.05) is 25.1 Å². The van der Waals surface area contributed by atoms with Gasteiger partial charge in [0.1, 0.15) is 11.6 Å². The molecule has 1 aliphatic rings. The molecule has 8 nitrogen and oxygen atoms in total. The lowest BCUT2D eigenvalue weighted by Crippen LogP contribution is -2.39. The third-order valence-corrected chi connectivity index (χ3v) is 7.30. The van der Waals surface area contributed by atoms with Crippen LogP contribution in [0.5, 0.6) is 5.75 Å². The standard InChI is InChI=1S/C22H25N5O3S/c1-16-5-3-12-23-21(16)26-22-24-13-11-20(25-22)17-6-4-14-27(15-17)31(28,29)19-9-7-18(30-2)8-10-19/h3,5,7-13,17H,4,6,14-15H2,1-2H3,(H,23,24,25,26). The highest BCUT2D eigenvalue weighted by Crippen LogP contribution is 2.30. The largest absolute Gasteiger partial charge is 0.497 e. The molecule has 162 valence electrons. The number of methoxy groups -OCH3 is 1. The van der Waals surface area contributed by atoms with Crippen molar-refractivity contribution in [1.29, 1.82) is 0 Å². The van der Waals surface area contributed by atoms with Gasteiger partial charge < -0.3 is 10.1 Å². The molecule has 3 heterocycles. The minimum Gasteiger partial charge on any atom is -0.497 e. The number of aromatic nitrogens is 3. The maximum Gasteiger partial charge on any atom is 0.243 e. The number of aryl methyl sites for hydroxylation is 1. The van der Waals surface area contributed by atoms with Crippen molar-refractivity contribution >= 4 is 21.8 Å². The van der Waals surface area contributed by atoms with Crippen LogP contribution in [0.1, 0.15) is 30.0 Å². The Morgan fingerprint density at radius 3 is 2.65 bits per heavy atom. The maximum atomic E-state index is 13.1. The number of nitrogens with zero attached hydrogens (tertiary/aromatic N) is 4. The number of ether oxygens (including phenoxy) is 1. The first-order chi connectivity index (χ1) is 15.0. The predicted octanol–water partition coefficient (Wildman–Crippen LogP) is 3.50. The molecule has 31 heavy (non-hydrogen) atoms. The predicted molar refractivity (Wildman–Crippen MR) is 118 cm³/mol. The molecular weight excluding hydrogens is 414 g/mol. The molecule has 1 N–H and O–H groups in total. The van der Waals surface area contributed by atoms with Gasteiger partial charge in [0.2, 0.25) is 16.0 Å². The second-order valence-corrected chi connectivity index (χ2v) is 9.41. The normalized spacial score (nSPS) is 17.3. The summed E-state index contributed by atoms with van der Waals surface area (Å²) in [6.45, 7) is 2.84. The van der Waals surface area contributed by atoms with Crippen molar-refractivity contribution in [3.63, 3.8) is 0 Å². The third kappa shape index (κ3) is 4.67. The SMILES string of the molecule is COc1ccc(S(=O)(=O)N2CCCC(c3ccnc(Nc4ncccc4C)n3)C2)cc1. The van der Waals surface area contributed by atoms with E-state index in [0.29, 0.717) is 30.6 Å². The summed E-state index contributed by atoms with van der Waals surface area (Å²) in [5.41, 5.74) is 1.81. The Balaban J connectivity index is 1.52. The van der Waals surface area contributed by atoms with Crippen molar-refractivity contribution in [2.75, 3.05) is 25.5 Å². The summed E-state index contributed by atoms with van der Waals surface area (Å²) in [5.74, 6) is 1.77. The topological polar surface area (TPSA) is 97.3 Å².